The summed E-state index contributed by atoms with van der Waals surface area (Å²) >= 11 is 0. The molecular formula is C24H24N2O3S. The van der Waals surface area contributed by atoms with Crippen molar-refractivity contribution in [3.8, 4) is 0 Å². The maximum Gasteiger partial charge on any atom is 0.261 e. The third kappa shape index (κ3) is 4.09. The van der Waals surface area contributed by atoms with Crippen molar-refractivity contribution in [3.63, 3.8) is 0 Å². The lowest BCUT2D eigenvalue weighted by Crippen LogP contribution is -2.36. The first-order chi connectivity index (χ1) is 14.3. The van der Waals surface area contributed by atoms with Gasteiger partial charge in [0.25, 0.3) is 15.9 Å². The number of fused-ring (bicyclic) bond motifs is 1. The molecule has 3 aromatic carbocycles. The van der Waals surface area contributed by atoms with Gasteiger partial charge in [-0.25, -0.2) is 8.42 Å². The molecule has 0 unspecified atom stereocenters. The van der Waals surface area contributed by atoms with E-state index in [1.54, 1.807) is 49.4 Å². The van der Waals surface area contributed by atoms with Gasteiger partial charge in [-0.15, -0.1) is 0 Å². The lowest BCUT2D eigenvalue weighted by molar-refractivity contribution is 0.0734. The Labute approximate surface area is 177 Å². The average molecular weight is 421 g/mol. The van der Waals surface area contributed by atoms with Gasteiger partial charge >= 0.3 is 0 Å². The van der Waals surface area contributed by atoms with Crippen molar-refractivity contribution in [2.45, 2.75) is 31.7 Å². The standard InChI is InChI=1S/C24H24N2O3S/c1-17-7-10-22(11-8-17)30(28,29)25-23-12-9-20(15-18(23)2)24(27)26-14-13-19-5-3-4-6-21(19)16-26/h3-12,15,25H,13-14,16H2,1-2H3. The Morgan fingerprint density at radius 2 is 1.63 bits per heavy atom. The zero-order chi connectivity index (χ0) is 21.3. The maximum absolute atomic E-state index is 13.0. The Balaban J connectivity index is 1.52. The van der Waals surface area contributed by atoms with E-state index in [9.17, 15) is 13.2 Å². The lowest BCUT2D eigenvalue weighted by atomic mass is 9.99. The van der Waals surface area contributed by atoms with Crippen LogP contribution in [0.2, 0.25) is 0 Å². The highest BCUT2D eigenvalue weighted by Gasteiger charge is 2.22. The highest BCUT2D eigenvalue weighted by atomic mass is 32.2. The van der Waals surface area contributed by atoms with Crippen LogP contribution in [0.3, 0.4) is 0 Å². The van der Waals surface area contributed by atoms with Crippen LogP contribution in [0.25, 0.3) is 0 Å². The SMILES string of the molecule is Cc1ccc(S(=O)(=O)Nc2ccc(C(=O)N3CCc4ccccc4C3)cc2C)cc1. The first kappa shape index (κ1) is 20.2. The number of carbonyl (C=O) groups excluding carboxylic acids is 1. The van der Waals surface area contributed by atoms with Gasteiger partial charge in [0.2, 0.25) is 0 Å². The lowest BCUT2D eigenvalue weighted by Gasteiger charge is -2.29. The van der Waals surface area contributed by atoms with Gasteiger partial charge in [-0.3, -0.25) is 9.52 Å². The summed E-state index contributed by atoms with van der Waals surface area (Å²) < 4.78 is 28.0. The van der Waals surface area contributed by atoms with Gasteiger partial charge in [0, 0.05) is 18.7 Å². The molecule has 4 rings (SSSR count). The van der Waals surface area contributed by atoms with E-state index >= 15 is 0 Å². The fraction of sp³-hybridized carbons (Fsp3) is 0.208. The fourth-order valence-electron chi connectivity index (χ4n) is 3.68. The van der Waals surface area contributed by atoms with Gasteiger partial charge in [0.05, 0.1) is 10.6 Å². The van der Waals surface area contributed by atoms with E-state index < -0.39 is 10.0 Å². The molecule has 30 heavy (non-hydrogen) atoms. The number of nitrogens with zero attached hydrogens (tertiary/aromatic N) is 1. The molecule has 0 atom stereocenters. The van der Waals surface area contributed by atoms with Gasteiger partial charge in [-0.2, -0.15) is 0 Å². The van der Waals surface area contributed by atoms with Crippen molar-refractivity contribution in [2.24, 2.45) is 0 Å². The average Bonchev–Trinajstić information content (AvgIpc) is 2.74. The van der Waals surface area contributed by atoms with E-state index in [0.29, 0.717) is 29.9 Å². The summed E-state index contributed by atoms with van der Waals surface area (Å²) in [6.45, 7) is 4.98. The second kappa shape index (κ2) is 7.95. The normalized spacial score (nSPS) is 13.6. The van der Waals surface area contributed by atoms with Crippen LogP contribution < -0.4 is 4.72 Å². The zero-order valence-corrected chi connectivity index (χ0v) is 17.9. The molecule has 0 saturated carbocycles. The molecular weight excluding hydrogens is 396 g/mol. The zero-order valence-electron chi connectivity index (χ0n) is 17.1. The summed E-state index contributed by atoms with van der Waals surface area (Å²) in [5.74, 6) is -0.0412. The second-order valence-electron chi connectivity index (χ2n) is 7.69. The fourth-order valence-corrected chi connectivity index (χ4v) is 4.81. The van der Waals surface area contributed by atoms with E-state index in [4.69, 9.17) is 0 Å². The third-order valence-corrected chi connectivity index (χ3v) is 6.85. The molecule has 0 fully saturated rings. The molecule has 0 aliphatic carbocycles. The van der Waals surface area contributed by atoms with Gasteiger partial charge in [0.15, 0.2) is 0 Å². The van der Waals surface area contributed by atoms with Crippen molar-refractivity contribution in [1.82, 2.24) is 4.90 Å². The van der Waals surface area contributed by atoms with Gasteiger partial charge in [-0.1, -0.05) is 42.0 Å². The summed E-state index contributed by atoms with van der Waals surface area (Å²) in [5.41, 5.74) is 5.19. The van der Waals surface area contributed by atoms with E-state index in [0.717, 1.165) is 12.0 Å². The molecule has 1 heterocycles. The molecule has 5 nitrogen and oxygen atoms in total. The smallest absolute Gasteiger partial charge is 0.261 e. The molecule has 1 N–H and O–H groups in total. The third-order valence-electron chi connectivity index (χ3n) is 5.47. The number of sulfonamides is 1. The molecule has 0 saturated heterocycles. The molecule has 0 bridgehead atoms. The number of anilines is 1. The topological polar surface area (TPSA) is 66.5 Å². The number of aryl methyl sites for hydroxylation is 2. The number of nitrogens with one attached hydrogen (secondary N) is 1. The van der Waals surface area contributed by atoms with E-state index in [1.165, 1.54) is 11.1 Å². The molecule has 1 aliphatic heterocycles. The Bertz CT molecular complexity index is 1200. The summed E-state index contributed by atoms with van der Waals surface area (Å²) in [5, 5.41) is 0. The highest BCUT2D eigenvalue weighted by Crippen LogP contribution is 2.24. The number of carbonyl (C=O) groups is 1. The molecule has 0 aromatic heterocycles. The molecule has 1 aliphatic rings. The minimum atomic E-state index is -3.68. The molecule has 0 radical (unpaired) electrons. The predicted octanol–water partition coefficient (Wildman–Crippen LogP) is 4.30. The minimum Gasteiger partial charge on any atom is -0.334 e. The van der Waals surface area contributed by atoms with Crippen LogP contribution in [0.15, 0.2) is 71.6 Å². The number of benzene rings is 3. The first-order valence-corrected chi connectivity index (χ1v) is 11.4. The van der Waals surface area contributed by atoms with E-state index in [2.05, 4.69) is 16.9 Å². The van der Waals surface area contributed by atoms with Gasteiger partial charge in [-0.05, 0) is 67.3 Å². The number of rotatable bonds is 4. The van der Waals surface area contributed by atoms with E-state index in [-0.39, 0.29) is 10.8 Å². The van der Waals surface area contributed by atoms with Crippen molar-refractivity contribution >= 4 is 21.6 Å². The van der Waals surface area contributed by atoms with Crippen molar-refractivity contribution in [1.29, 1.82) is 0 Å². The molecule has 154 valence electrons. The molecule has 1 amide bonds. The minimum absolute atomic E-state index is 0.0412. The molecule has 3 aromatic rings. The van der Waals surface area contributed by atoms with Crippen molar-refractivity contribution in [3.05, 3.63) is 94.5 Å². The second-order valence-corrected chi connectivity index (χ2v) is 9.38. The summed E-state index contributed by atoms with van der Waals surface area (Å²) in [6, 6.07) is 20.0. The quantitative estimate of drug-likeness (QED) is 0.684. The first-order valence-electron chi connectivity index (χ1n) is 9.90. The Hall–Kier alpha value is -3.12. The van der Waals surface area contributed by atoms with Crippen LogP contribution >= 0.6 is 0 Å². The van der Waals surface area contributed by atoms with Crippen LogP contribution in [0, 0.1) is 13.8 Å². The van der Waals surface area contributed by atoms with Gasteiger partial charge < -0.3 is 4.90 Å². The predicted molar refractivity (Wildman–Crippen MR) is 118 cm³/mol. The molecule has 6 heteroatoms. The highest BCUT2D eigenvalue weighted by molar-refractivity contribution is 7.92. The van der Waals surface area contributed by atoms with Crippen LogP contribution in [-0.4, -0.2) is 25.8 Å². The maximum atomic E-state index is 13.0. The van der Waals surface area contributed by atoms with Crippen LogP contribution in [0.4, 0.5) is 5.69 Å². The monoisotopic (exact) mass is 420 g/mol. The van der Waals surface area contributed by atoms with Crippen LogP contribution in [0.5, 0.6) is 0 Å². The number of hydrogen-bond acceptors (Lipinski definition) is 3. The van der Waals surface area contributed by atoms with E-state index in [1.807, 2.05) is 24.0 Å². The Morgan fingerprint density at radius 3 is 2.33 bits per heavy atom. The van der Waals surface area contributed by atoms with Gasteiger partial charge in [0.1, 0.15) is 0 Å². The number of amides is 1. The van der Waals surface area contributed by atoms with Crippen molar-refractivity contribution < 1.29 is 13.2 Å². The summed E-state index contributed by atoms with van der Waals surface area (Å²) in [6.07, 6.45) is 0.843. The van der Waals surface area contributed by atoms with Crippen LogP contribution in [0.1, 0.15) is 32.6 Å². The largest absolute Gasteiger partial charge is 0.334 e. The summed E-state index contributed by atoms with van der Waals surface area (Å²) in [7, 11) is -3.68. The molecule has 0 spiro atoms. The van der Waals surface area contributed by atoms with Crippen LogP contribution in [-0.2, 0) is 23.0 Å². The summed E-state index contributed by atoms with van der Waals surface area (Å²) in [4.78, 5) is 15.0. The Morgan fingerprint density at radius 1 is 0.933 bits per heavy atom. The number of hydrogen-bond donors (Lipinski definition) is 1. The Kier molecular flexibility index (Phi) is 5.35. The van der Waals surface area contributed by atoms with Crippen molar-refractivity contribution in [2.75, 3.05) is 11.3 Å².